The largest absolute Gasteiger partial charge is 0.497 e. The zero-order chi connectivity index (χ0) is 14.1. The number of hydrogen-bond donors (Lipinski definition) is 1. The second-order valence-corrected chi connectivity index (χ2v) is 5.79. The van der Waals surface area contributed by atoms with Crippen molar-refractivity contribution in [2.45, 2.75) is 31.4 Å². The van der Waals surface area contributed by atoms with Gasteiger partial charge < -0.3 is 20.1 Å². The van der Waals surface area contributed by atoms with Crippen LogP contribution in [0.4, 0.5) is 5.69 Å². The quantitative estimate of drug-likeness (QED) is 0.864. The van der Waals surface area contributed by atoms with Gasteiger partial charge in [-0.2, -0.15) is 0 Å². The lowest BCUT2D eigenvalue weighted by Crippen LogP contribution is -2.49. The van der Waals surface area contributed by atoms with Crippen LogP contribution in [0, 0.1) is 0 Å². The Morgan fingerprint density at radius 3 is 3.05 bits per heavy atom. The lowest BCUT2D eigenvalue weighted by atomic mass is 10.1. The standard InChI is InChI=1S/C15H20N2O2S/c1-18-10-5-6-11(15(16)20)13(9-10)17-7-8-19-14-4-2-3-12(14)17/h5-6,9,12,14H,2-4,7-8H2,1H3,(H2,16,20). The van der Waals surface area contributed by atoms with Crippen molar-refractivity contribution in [1.29, 1.82) is 0 Å². The summed E-state index contributed by atoms with van der Waals surface area (Å²) in [5.41, 5.74) is 7.89. The van der Waals surface area contributed by atoms with Crippen LogP contribution in [0.3, 0.4) is 0 Å². The molecule has 20 heavy (non-hydrogen) atoms. The van der Waals surface area contributed by atoms with Crippen LogP contribution in [0.15, 0.2) is 18.2 Å². The van der Waals surface area contributed by atoms with Gasteiger partial charge in [0.15, 0.2) is 0 Å². The van der Waals surface area contributed by atoms with Crippen molar-refractivity contribution in [3.05, 3.63) is 23.8 Å². The number of rotatable bonds is 3. The number of benzene rings is 1. The molecule has 2 fully saturated rings. The van der Waals surface area contributed by atoms with Crippen LogP contribution in [-0.4, -0.2) is 37.4 Å². The molecule has 3 rings (SSSR count). The van der Waals surface area contributed by atoms with E-state index in [9.17, 15) is 0 Å². The molecule has 0 aromatic heterocycles. The average Bonchev–Trinajstić information content (AvgIpc) is 2.94. The van der Waals surface area contributed by atoms with Crippen LogP contribution in [0.25, 0.3) is 0 Å². The molecule has 0 amide bonds. The smallest absolute Gasteiger partial charge is 0.120 e. The van der Waals surface area contributed by atoms with Crippen molar-refractivity contribution in [3.8, 4) is 5.75 Å². The fraction of sp³-hybridized carbons (Fsp3) is 0.533. The Labute approximate surface area is 124 Å². The van der Waals surface area contributed by atoms with Crippen LogP contribution in [0.2, 0.25) is 0 Å². The van der Waals surface area contributed by atoms with Crippen molar-refractivity contribution >= 4 is 22.9 Å². The summed E-state index contributed by atoms with van der Waals surface area (Å²) >= 11 is 5.20. The molecule has 1 saturated carbocycles. The maximum atomic E-state index is 5.88. The van der Waals surface area contributed by atoms with Gasteiger partial charge in [-0.1, -0.05) is 12.2 Å². The van der Waals surface area contributed by atoms with Crippen molar-refractivity contribution < 1.29 is 9.47 Å². The second-order valence-electron chi connectivity index (χ2n) is 5.35. The van der Waals surface area contributed by atoms with E-state index in [0.717, 1.165) is 36.6 Å². The van der Waals surface area contributed by atoms with Gasteiger partial charge in [0.25, 0.3) is 0 Å². The molecular weight excluding hydrogens is 272 g/mol. The number of fused-ring (bicyclic) bond motifs is 1. The van der Waals surface area contributed by atoms with Gasteiger partial charge in [-0.25, -0.2) is 0 Å². The number of ether oxygens (including phenoxy) is 2. The summed E-state index contributed by atoms with van der Waals surface area (Å²) in [5.74, 6) is 0.834. The highest BCUT2D eigenvalue weighted by atomic mass is 32.1. The predicted octanol–water partition coefficient (Wildman–Crippen LogP) is 2.09. The minimum absolute atomic E-state index is 0.342. The molecule has 0 radical (unpaired) electrons. The first kappa shape index (κ1) is 13.6. The number of nitrogens with two attached hydrogens (primary N) is 1. The molecule has 2 N–H and O–H groups in total. The number of hydrogen-bond acceptors (Lipinski definition) is 4. The number of thiocarbonyl (C=S) groups is 1. The third-order valence-corrected chi connectivity index (χ3v) is 4.48. The van der Waals surface area contributed by atoms with Crippen LogP contribution in [0.5, 0.6) is 5.75 Å². The molecule has 5 heteroatoms. The first-order valence-corrected chi connectivity index (χ1v) is 7.47. The molecule has 4 nitrogen and oxygen atoms in total. The maximum Gasteiger partial charge on any atom is 0.120 e. The van der Waals surface area contributed by atoms with Gasteiger partial charge in [0.1, 0.15) is 10.7 Å². The molecule has 0 spiro atoms. The van der Waals surface area contributed by atoms with Gasteiger partial charge in [0, 0.05) is 18.2 Å². The normalized spacial score (nSPS) is 25.4. The molecule has 1 saturated heterocycles. The molecule has 2 unspecified atom stereocenters. The van der Waals surface area contributed by atoms with Gasteiger partial charge in [-0.05, 0) is 31.4 Å². The van der Waals surface area contributed by atoms with E-state index in [1.165, 1.54) is 12.8 Å². The highest BCUT2D eigenvalue weighted by molar-refractivity contribution is 7.80. The molecular formula is C15H20N2O2S. The Morgan fingerprint density at radius 1 is 1.45 bits per heavy atom. The van der Waals surface area contributed by atoms with E-state index in [-0.39, 0.29) is 0 Å². The van der Waals surface area contributed by atoms with E-state index < -0.39 is 0 Å². The molecule has 2 aliphatic rings. The minimum Gasteiger partial charge on any atom is -0.497 e. The molecule has 108 valence electrons. The predicted molar refractivity (Wildman–Crippen MR) is 83.6 cm³/mol. The summed E-state index contributed by atoms with van der Waals surface area (Å²) in [4.78, 5) is 2.83. The molecule has 1 heterocycles. The Balaban J connectivity index is 2.00. The van der Waals surface area contributed by atoms with Crippen LogP contribution in [0.1, 0.15) is 24.8 Å². The maximum absolute atomic E-state index is 5.88. The van der Waals surface area contributed by atoms with E-state index >= 15 is 0 Å². The zero-order valence-corrected chi connectivity index (χ0v) is 12.5. The van der Waals surface area contributed by atoms with Crippen molar-refractivity contribution in [1.82, 2.24) is 0 Å². The number of anilines is 1. The molecule has 1 aromatic carbocycles. The summed E-state index contributed by atoms with van der Waals surface area (Å²) in [5, 5.41) is 0. The number of methoxy groups -OCH3 is 1. The fourth-order valence-corrected chi connectivity index (χ4v) is 3.48. The Morgan fingerprint density at radius 2 is 2.30 bits per heavy atom. The summed E-state index contributed by atoms with van der Waals surface area (Å²) in [6.07, 6.45) is 3.87. The van der Waals surface area contributed by atoms with Crippen LogP contribution in [-0.2, 0) is 4.74 Å². The van der Waals surface area contributed by atoms with Gasteiger partial charge in [-0.3, -0.25) is 0 Å². The minimum atomic E-state index is 0.342. The van der Waals surface area contributed by atoms with E-state index in [1.807, 2.05) is 18.2 Å². The summed E-state index contributed by atoms with van der Waals surface area (Å²) in [6, 6.07) is 6.33. The molecule has 1 aliphatic heterocycles. The molecule has 0 bridgehead atoms. The molecule has 2 atom stereocenters. The summed E-state index contributed by atoms with van der Waals surface area (Å²) in [7, 11) is 1.68. The Bertz CT molecular complexity index is 521. The number of morpholine rings is 1. The van der Waals surface area contributed by atoms with E-state index in [2.05, 4.69) is 4.90 Å². The topological polar surface area (TPSA) is 47.7 Å². The van der Waals surface area contributed by atoms with Crippen LogP contribution >= 0.6 is 12.2 Å². The van der Waals surface area contributed by atoms with Gasteiger partial charge in [0.05, 0.1) is 31.5 Å². The molecule has 1 aromatic rings. The Kier molecular flexibility index (Phi) is 3.81. The van der Waals surface area contributed by atoms with Gasteiger partial charge in [0.2, 0.25) is 0 Å². The van der Waals surface area contributed by atoms with E-state index in [1.54, 1.807) is 7.11 Å². The van der Waals surface area contributed by atoms with Gasteiger partial charge >= 0.3 is 0 Å². The number of nitrogens with zero attached hydrogens (tertiary/aromatic N) is 1. The second kappa shape index (κ2) is 5.58. The third kappa shape index (κ3) is 2.36. The highest BCUT2D eigenvalue weighted by Crippen LogP contribution is 2.36. The third-order valence-electron chi connectivity index (χ3n) is 4.26. The van der Waals surface area contributed by atoms with E-state index in [0.29, 0.717) is 17.1 Å². The SMILES string of the molecule is COc1ccc(C(N)=S)c(N2CCOC3CCCC32)c1. The average molecular weight is 292 g/mol. The van der Waals surface area contributed by atoms with Crippen molar-refractivity contribution in [2.24, 2.45) is 5.73 Å². The first-order chi connectivity index (χ1) is 9.70. The monoisotopic (exact) mass is 292 g/mol. The lowest BCUT2D eigenvalue weighted by molar-refractivity contribution is 0.0256. The highest BCUT2D eigenvalue weighted by Gasteiger charge is 2.37. The Hall–Kier alpha value is -1.33. The van der Waals surface area contributed by atoms with Gasteiger partial charge in [-0.15, -0.1) is 0 Å². The fourth-order valence-electron chi connectivity index (χ4n) is 3.31. The lowest BCUT2D eigenvalue weighted by Gasteiger charge is -2.40. The first-order valence-electron chi connectivity index (χ1n) is 7.07. The van der Waals surface area contributed by atoms with E-state index in [4.69, 9.17) is 27.4 Å². The summed E-state index contributed by atoms with van der Waals surface area (Å²) in [6.45, 7) is 1.64. The summed E-state index contributed by atoms with van der Waals surface area (Å²) < 4.78 is 11.2. The molecule has 1 aliphatic carbocycles. The zero-order valence-electron chi connectivity index (χ0n) is 11.7. The van der Waals surface area contributed by atoms with Crippen molar-refractivity contribution in [3.63, 3.8) is 0 Å². The van der Waals surface area contributed by atoms with Crippen LogP contribution < -0.4 is 15.4 Å². The van der Waals surface area contributed by atoms with Crippen molar-refractivity contribution in [2.75, 3.05) is 25.2 Å².